The van der Waals surface area contributed by atoms with Crippen LogP contribution < -0.4 is 11.1 Å². The van der Waals surface area contributed by atoms with E-state index in [1.165, 1.54) is 5.56 Å². The molecule has 0 aliphatic heterocycles. The fraction of sp³-hybridized carbons (Fsp3) is 0.562. The Morgan fingerprint density at radius 2 is 1.85 bits per heavy atom. The van der Waals surface area contributed by atoms with Crippen molar-refractivity contribution in [3.63, 3.8) is 0 Å². The quantitative estimate of drug-likeness (QED) is 0.798. The average Bonchev–Trinajstić information content (AvgIpc) is 2.35. The summed E-state index contributed by atoms with van der Waals surface area (Å²) in [6.45, 7) is 5.54. The number of carbonyl (C=O) groups is 1. The van der Waals surface area contributed by atoms with E-state index in [4.69, 9.17) is 5.73 Å². The molecule has 0 saturated carbocycles. The van der Waals surface area contributed by atoms with Crippen molar-refractivity contribution in [1.29, 1.82) is 0 Å². The number of rotatable bonds is 7. The van der Waals surface area contributed by atoms with E-state index in [1.54, 1.807) is 0 Å². The molecule has 0 saturated heterocycles. The van der Waals surface area contributed by atoms with Crippen LogP contribution in [0.25, 0.3) is 0 Å². The van der Waals surface area contributed by atoms with Crippen LogP contribution in [-0.4, -0.2) is 30.9 Å². The molecule has 20 heavy (non-hydrogen) atoms. The Labute approximate surface area is 122 Å². The minimum atomic E-state index is -0.420. The van der Waals surface area contributed by atoms with Gasteiger partial charge in [0.25, 0.3) is 0 Å². The Morgan fingerprint density at radius 1 is 1.25 bits per heavy atom. The molecule has 1 aromatic rings. The summed E-state index contributed by atoms with van der Waals surface area (Å²) < 4.78 is 0. The molecule has 0 fully saturated rings. The van der Waals surface area contributed by atoms with Crippen molar-refractivity contribution in [2.45, 2.75) is 39.4 Å². The van der Waals surface area contributed by atoms with E-state index in [1.807, 2.05) is 32.3 Å². The van der Waals surface area contributed by atoms with Crippen molar-refractivity contribution in [3.05, 3.63) is 35.4 Å². The summed E-state index contributed by atoms with van der Waals surface area (Å²) in [6, 6.07) is 7.74. The van der Waals surface area contributed by atoms with Gasteiger partial charge < -0.3 is 16.0 Å². The summed E-state index contributed by atoms with van der Waals surface area (Å²) in [4.78, 5) is 14.1. The van der Waals surface area contributed by atoms with Crippen LogP contribution in [0.3, 0.4) is 0 Å². The first-order chi connectivity index (χ1) is 9.40. The van der Waals surface area contributed by atoms with E-state index in [-0.39, 0.29) is 5.91 Å². The van der Waals surface area contributed by atoms with Crippen LogP contribution in [-0.2, 0) is 17.9 Å². The van der Waals surface area contributed by atoms with Crippen LogP contribution in [0.2, 0.25) is 0 Å². The summed E-state index contributed by atoms with van der Waals surface area (Å²) in [5, 5.41) is 2.94. The first kappa shape index (κ1) is 16.7. The number of nitrogens with one attached hydrogen (secondary N) is 1. The molecule has 4 nitrogen and oxygen atoms in total. The first-order valence-corrected chi connectivity index (χ1v) is 7.15. The molecule has 1 atom stereocenters. The lowest BCUT2D eigenvalue weighted by molar-refractivity contribution is -0.122. The third-order valence-electron chi connectivity index (χ3n) is 3.12. The zero-order valence-corrected chi connectivity index (χ0v) is 13.0. The largest absolute Gasteiger partial charge is 0.351 e. The Hall–Kier alpha value is -1.39. The van der Waals surface area contributed by atoms with Crippen molar-refractivity contribution >= 4 is 5.91 Å². The predicted octanol–water partition coefficient (Wildman–Crippen LogP) is 1.74. The zero-order chi connectivity index (χ0) is 15.1. The molecule has 0 aliphatic carbocycles. The molecule has 0 bridgehead atoms. The highest BCUT2D eigenvalue weighted by Gasteiger charge is 2.14. The monoisotopic (exact) mass is 277 g/mol. The molecule has 0 spiro atoms. The van der Waals surface area contributed by atoms with Gasteiger partial charge >= 0.3 is 0 Å². The molecule has 0 heterocycles. The van der Waals surface area contributed by atoms with Gasteiger partial charge in [0.2, 0.25) is 5.91 Å². The number of hydrogen-bond donors (Lipinski definition) is 2. The molecule has 1 rings (SSSR count). The van der Waals surface area contributed by atoms with Crippen LogP contribution >= 0.6 is 0 Å². The fourth-order valence-corrected chi connectivity index (χ4v) is 2.15. The van der Waals surface area contributed by atoms with Gasteiger partial charge in [0.05, 0.1) is 6.04 Å². The van der Waals surface area contributed by atoms with Gasteiger partial charge in [-0.15, -0.1) is 0 Å². The van der Waals surface area contributed by atoms with Crippen LogP contribution in [0.15, 0.2) is 24.3 Å². The lowest BCUT2D eigenvalue weighted by Gasteiger charge is -2.17. The summed E-state index contributed by atoms with van der Waals surface area (Å²) in [6.07, 6.45) is 0.713. The van der Waals surface area contributed by atoms with Gasteiger partial charge in [-0.05, 0) is 37.6 Å². The van der Waals surface area contributed by atoms with Gasteiger partial charge in [0.15, 0.2) is 0 Å². The van der Waals surface area contributed by atoms with E-state index < -0.39 is 6.04 Å². The molecule has 1 amide bonds. The first-order valence-electron chi connectivity index (χ1n) is 7.15. The fourth-order valence-electron chi connectivity index (χ4n) is 2.15. The SMILES string of the molecule is CC(C)C[C@H](N)C(=O)NCc1ccccc1CN(C)C. The molecular formula is C16H27N3O. The standard InChI is InChI=1S/C16H27N3O/c1-12(2)9-15(17)16(20)18-10-13-7-5-6-8-14(13)11-19(3)4/h5-8,12,15H,9-11,17H2,1-4H3,(H,18,20)/t15-/m0/s1. The van der Waals surface area contributed by atoms with Gasteiger partial charge in [0.1, 0.15) is 0 Å². The number of hydrogen-bond acceptors (Lipinski definition) is 3. The van der Waals surface area contributed by atoms with Crippen molar-refractivity contribution in [3.8, 4) is 0 Å². The Morgan fingerprint density at radius 3 is 2.40 bits per heavy atom. The van der Waals surface area contributed by atoms with E-state index in [9.17, 15) is 4.79 Å². The van der Waals surface area contributed by atoms with Crippen molar-refractivity contribution in [2.24, 2.45) is 11.7 Å². The van der Waals surface area contributed by atoms with Crippen molar-refractivity contribution in [2.75, 3.05) is 14.1 Å². The van der Waals surface area contributed by atoms with Crippen LogP contribution in [0, 0.1) is 5.92 Å². The number of nitrogens with two attached hydrogens (primary N) is 1. The van der Waals surface area contributed by atoms with Gasteiger partial charge in [-0.25, -0.2) is 0 Å². The summed E-state index contributed by atoms with van der Waals surface area (Å²) in [7, 11) is 4.07. The number of nitrogens with zero attached hydrogens (tertiary/aromatic N) is 1. The third-order valence-corrected chi connectivity index (χ3v) is 3.12. The minimum Gasteiger partial charge on any atom is -0.351 e. The number of amides is 1. The smallest absolute Gasteiger partial charge is 0.237 e. The van der Waals surface area contributed by atoms with E-state index >= 15 is 0 Å². The maximum atomic E-state index is 11.9. The minimum absolute atomic E-state index is 0.0710. The topological polar surface area (TPSA) is 58.4 Å². The zero-order valence-electron chi connectivity index (χ0n) is 13.0. The molecular weight excluding hydrogens is 250 g/mol. The molecule has 1 aromatic carbocycles. The molecule has 0 aliphatic rings. The Kier molecular flexibility index (Phi) is 6.68. The Bertz CT molecular complexity index is 429. The van der Waals surface area contributed by atoms with Crippen molar-refractivity contribution in [1.82, 2.24) is 10.2 Å². The highest BCUT2D eigenvalue weighted by molar-refractivity contribution is 5.81. The highest BCUT2D eigenvalue weighted by atomic mass is 16.2. The molecule has 0 aromatic heterocycles. The lowest BCUT2D eigenvalue weighted by atomic mass is 10.0. The van der Waals surface area contributed by atoms with E-state index in [0.717, 1.165) is 12.1 Å². The van der Waals surface area contributed by atoms with Crippen molar-refractivity contribution < 1.29 is 4.79 Å². The lowest BCUT2D eigenvalue weighted by Crippen LogP contribution is -2.41. The molecule has 3 N–H and O–H groups in total. The third kappa shape index (κ3) is 5.72. The van der Waals surface area contributed by atoms with Gasteiger partial charge in [-0.2, -0.15) is 0 Å². The second kappa shape index (κ2) is 8.02. The van der Waals surface area contributed by atoms with Gasteiger partial charge in [-0.1, -0.05) is 38.1 Å². The van der Waals surface area contributed by atoms with Crippen LogP contribution in [0.5, 0.6) is 0 Å². The predicted molar refractivity (Wildman–Crippen MR) is 83.1 cm³/mol. The van der Waals surface area contributed by atoms with Gasteiger partial charge in [0, 0.05) is 13.1 Å². The average molecular weight is 277 g/mol. The summed E-state index contributed by atoms with van der Waals surface area (Å²) in [5.41, 5.74) is 8.26. The molecule has 4 heteroatoms. The Balaban J connectivity index is 2.59. The van der Waals surface area contributed by atoms with Gasteiger partial charge in [-0.3, -0.25) is 4.79 Å². The van der Waals surface area contributed by atoms with E-state index in [2.05, 4.69) is 30.1 Å². The molecule has 112 valence electrons. The number of carbonyl (C=O) groups excluding carboxylic acids is 1. The van der Waals surface area contributed by atoms with E-state index in [0.29, 0.717) is 18.9 Å². The second-order valence-corrected chi connectivity index (χ2v) is 5.96. The maximum Gasteiger partial charge on any atom is 0.237 e. The number of benzene rings is 1. The second-order valence-electron chi connectivity index (χ2n) is 5.96. The summed E-state index contributed by atoms with van der Waals surface area (Å²) in [5.74, 6) is 0.357. The summed E-state index contributed by atoms with van der Waals surface area (Å²) >= 11 is 0. The molecule has 0 unspecified atom stereocenters. The molecule has 0 radical (unpaired) electrons. The van der Waals surface area contributed by atoms with Crippen LogP contribution in [0.1, 0.15) is 31.4 Å². The maximum absolute atomic E-state index is 11.9. The van der Waals surface area contributed by atoms with Crippen LogP contribution in [0.4, 0.5) is 0 Å². The normalized spacial score (nSPS) is 12.8. The highest BCUT2D eigenvalue weighted by Crippen LogP contribution is 2.10.